The van der Waals surface area contributed by atoms with Crippen molar-refractivity contribution in [2.75, 3.05) is 46.2 Å². The highest BCUT2D eigenvalue weighted by Gasteiger charge is 2.25. The number of likely N-dealkylation sites (tertiary alicyclic amines) is 1. The lowest BCUT2D eigenvalue weighted by atomic mass is 10.3. The first-order valence-corrected chi connectivity index (χ1v) is 11.1. The van der Waals surface area contributed by atoms with Crippen molar-refractivity contribution in [3.8, 4) is 23.0 Å². The fourth-order valence-corrected chi connectivity index (χ4v) is 4.63. The molecule has 0 saturated carbocycles. The molecule has 0 spiro atoms. The van der Waals surface area contributed by atoms with Crippen molar-refractivity contribution in [3.63, 3.8) is 0 Å². The summed E-state index contributed by atoms with van der Waals surface area (Å²) in [5.74, 6) is 1.18. The number of halogens is 2. The molecule has 0 amide bonds. The molecule has 2 aromatic carbocycles. The lowest BCUT2D eigenvalue weighted by Gasteiger charge is -2.17. The van der Waals surface area contributed by atoms with Gasteiger partial charge in [-0.15, -0.1) is 12.4 Å². The Morgan fingerprint density at radius 2 is 1.65 bits per heavy atom. The molecule has 1 N–H and O–H groups in total. The molecular weight excluding hydrogens is 467 g/mol. The Bertz CT molecular complexity index is 1020. The van der Waals surface area contributed by atoms with Crippen LogP contribution in [-0.2, 0) is 10.0 Å². The smallest absolute Gasteiger partial charge is 0.265 e. The summed E-state index contributed by atoms with van der Waals surface area (Å²) in [5.41, 5.74) is 0.317. The van der Waals surface area contributed by atoms with Gasteiger partial charge >= 0.3 is 0 Å². The lowest BCUT2D eigenvalue weighted by molar-refractivity contribution is 0.208. The Balaban J connectivity index is 0.00000341. The van der Waals surface area contributed by atoms with E-state index in [1.54, 1.807) is 18.2 Å². The number of anilines is 1. The number of benzene rings is 2. The first kappa shape index (κ1) is 25.2. The molecule has 0 aromatic heterocycles. The number of likely N-dealkylation sites (N-methyl/N-ethyl adjacent to an activating group) is 1. The molecule has 1 atom stereocenters. The molecule has 1 fully saturated rings. The minimum atomic E-state index is -4.00. The molecule has 0 radical (unpaired) electrons. The lowest BCUT2D eigenvalue weighted by Crippen LogP contribution is -2.21. The fourth-order valence-electron chi connectivity index (χ4n) is 3.25. The molecule has 172 valence electrons. The van der Waals surface area contributed by atoms with Gasteiger partial charge in [0.15, 0.2) is 11.5 Å². The molecule has 1 heterocycles. The molecule has 8 nitrogen and oxygen atoms in total. The molecule has 1 unspecified atom stereocenters. The van der Waals surface area contributed by atoms with Gasteiger partial charge < -0.3 is 23.8 Å². The van der Waals surface area contributed by atoms with Gasteiger partial charge in [0.25, 0.3) is 10.0 Å². The summed E-state index contributed by atoms with van der Waals surface area (Å²) in [4.78, 5) is 2.08. The summed E-state index contributed by atoms with van der Waals surface area (Å²) in [6, 6.07) is 7.55. The molecule has 1 aliphatic heterocycles. The van der Waals surface area contributed by atoms with Crippen LogP contribution in [-0.4, -0.2) is 60.9 Å². The van der Waals surface area contributed by atoms with Gasteiger partial charge in [-0.2, -0.15) is 0 Å². The Morgan fingerprint density at radius 3 is 2.23 bits per heavy atom. The average Bonchev–Trinajstić information content (AvgIpc) is 3.13. The van der Waals surface area contributed by atoms with E-state index in [9.17, 15) is 8.42 Å². The minimum absolute atomic E-state index is 0. The van der Waals surface area contributed by atoms with Crippen LogP contribution in [0.15, 0.2) is 35.2 Å². The van der Waals surface area contributed by atoms with Crippen molar-refractivity contribution in [1.29, 1.82) is 0 Å². The molecule has 0 aliphatic carbocycles. The molecule has 0 bridgehead atoms. The van der Waals surface area contributed by atoms with Crippen LogP contribution in [0.5, 0.6) is 23.0 Å². The van der Waals surface area contributed by atoms with Gasteiger partial charge in [0, 0.05) is 31.3 Å². The SMILES string of the molecule is COc1cc(OC)c(S(=O)(=O)Nc2ccc(Cl)c(OC3CCN(C)C3)c2)cc1OC.Cl. The summed E-state index contributed by atoms with van der Waals surface area (Å²) < 4.78 is 50.3. The van der Waals surface area contributed by atoms with Crippen LogP contribution in [0, 0.1) is 0 Å². The Hall–Kier alpha value is -2.07. The van der Waals surface area contributed by atoms with Crippen molar-refractivity contribution in [2.24, 2.45) is 0 Å². The van der Waals surface area contributed by atoms with Crippen LogP contribution in [0.1, 0.15) is 6.42 Å². The Labute approximate surface area is 193 Å². The summed E-state index contributed by atoms with van der Waals surface area (Å²) in [6.07, 6.45) is 0.885. The van der Waals surface area contributed by atoms with Crippen LogP contribution >= 0.6 is 24.0 Å². The molecule has 3 rings (SSSR count). The van der Waals surface area contributed by atoms with Gasteiger partial charge in [-0.1, -0.05) is 11.6 Å². The van der Waals surface area contributed by atoms with Crippen molar-refractivity contribution in [3.05, 3.63) is 35.4 Å². The molecule has 31 heavy (non-hydrogen) atoms. The van der Waals surface area contributed by atoms with Crippen molar-refractivity contribution in [1.82, 2.24) is 4.90 Å². The molecule has 2 aromatic rings. The van der Waals surface area contributed by atoms with E-state index < -0.39 is 10.0 Å². The third kappa shape index (κ3) is 5.79. The first-order valence-electron chi connectivity index (χ1n) is 9.25. The number of methoxy groups -OCH3 is 3. The van der Waals surface area contributed by atoms with Gasteiger partial charge in [-0.3, -0.25) is 4.72 Å². The van der Waals surface area contributed by atoms with E-state index in [0.29, 0.717) is 22.2 Å². The summed E-state index contributed by atoms with van der Waals surface area (Å²) in [6.45, 7) is 1.73. The highest BCUT2D eigenvalue weighted by molar-refractivity contribution is 7.92. The highest BCUT2D eigenvalue weighted by atomic mass is 35.5. The predicted octanol–water partition coefficient (Wildman–Crippen LogP) is 3.67. The number of rotatable bonds is 8. The van der Waals surface area contributed by atoms with Gasteiger partial charge in [0.1, 0.15) is 22.5 Å². The number of nitrogens with one attached hydrogen (secondary N) is 1. The van der Waals surface area contributed by atoms with Crippen molar-refractivity contribution < 1.29 is 27.4 Å². The van der Waals surface area contributed by atoms with Crippen LogP contribution in [0.4, 0.5) is 5.69 Å². The van der Waals surface area contributed by atoms with E-state index in [1.807, 2.05) is 7.05 Å². The van der Waals surface area contributed by atoms with Crippen LogP contribution in [0.25, 0.3) is 0 Å². The quantitative estimate of drug-likeness (QED) is 0.601. The van der Waals surface area contributed by atoms with E-state index in [-0.39, 0.29) is 34.9 Å². The third-order valence-electron chi connectivity index (χ3n) is 4.78. The Morgan fingerprint density at radius 1 is 1.00 bits per heavy atom. The normalized spacial score (nSPS) is 16.4. The molecule has 1 aliphatic rings. The number of sulfonamides is 1. The topological polar surface area (TPSA) is 86.3 Å². The standard InChI is InChI=1S/C20H25ClN2O6S.ClH/c1-23-8-7-14(12-23)29-16-9-13(5-6-15(16)21)22-30(24,25)20-11-18(27-3)17(26-2)10-19(20)28-4;/h5-6,9-11,14,22H,7-8,12H2,1-4H3;1H. The van der Waals surface area contributed by atoms with E-state index in [0.717, 1.165) is 19.5 Å². The number of nitrogens with zero attached hydrogens (tertiary/aromatic N) is 1. The molecular formula is C20H26Cl2N2O6S. The van der Waals surface area contributed by atoms with Crippen molar-refractivity contribution >= 4 is 39.7 Å². The Kier molecular flexibility index (Phi) is 8.53. The summed E-state index contributed by atoms with van der Waals surface area (Å²) >= 11 is 6.25. The minimum Gasteiger partial charge on any atom is -0.495 e. The monoisotopic (exact) mass is 492 g/mol. The van der Waals surface area contributed by atoms with Gasteiger partial charge in [0.2, 0.25) is 0 Å². The third-order valence-corrected chi connectivity index (χ3v) is 6.50. The second kappa shape index (κ2) is 10.5. The van der Waals surface area contributed by atoms with Gasteiger partial charge in [-0.05, 0) is 25.6 Å². The first-order chi connectivity index (χ1) is 14.3. The van der Waals surface area contributed by atoms with Crippen molar-refractivity contribution in [2.45, 2.75) is 17.4 Å². The van der Waals surface area contributed by atoms with E-state index >= 15 is 0 Å². The maximum absolute atomic E-state index is 13.1. The number of hydrogen-bond acceptors (Lipinski definition) is 7. The predicted molar refractivity (Wildman–Crippen MR) is 122 cm³/mol. The average molecular weight is 493 g/mol. The zero-order valence-electron chi connectivity index (χ0n) is 17.7. The second-order valence-electron chi connectivity index (χ2n) is 6.90. The van der Waals surface area contributed by atoms with Crippen LogP contribution in [0.3, 0.4) is 0 Å². The van der Waals surface area contributed by atoms with Gasteiger partial charge in [0.05, 0.1) is 32.0 Å². The largest absolute Gasteiger partial charge is 0.495 e. The highest BCUT2D eigenvalue weighted by Crippen LogP contribution is 2.38. The van der Waals surface area contributed by atoms with E-state index in [4.69, 9.17) is 30.5 Å². The van der Waals surface area contributed by atoms with E-state index in [2.05, 4.69) is 9.62 Å². The second-order valence-corrected chi connectivity index (χ2v) is 8.96. The number of ether oxygens (including phenoxy) is 4. The summed E-state index contributed by atoms with van der Waals surface area (Å²) in [7, 11) is 2.29. The maximum Gasteiger partial charge on any atom is 0.265 e. The van der Waals surface area contributed by atoms with Gasteiger partial charge in [-0.25, -0.2) is 8.42 Å². The van der Waals surface area contributed by atoms with E-state index in [1.165, 1.54) is 33.5 Å². The van der Waals surface area contributed by atoms with Crippen LogP contribution in [0.2, 0.25) is 5.02 Å². The molecule has 11 heteroatoms. The summed E-state index contributed by atoms with van der Waals surface area (Å²) in [5, 5.41) is 0.413. The molecule has 1 saturated heterocycles. The zero-order valence-corrected chi connectivity index (χ0v) is 20.1. The fraction of sp³-hybridized carbons (Fsp3) is 0.400. The zero-order chi connectivity index (χ0) is 21.9. The van der Waals surface area contributed by atoms with Crippen LogP contribution < -0.4 is 23.7 Å². The number of hydrogen-bond donors (Lipinski definition) is 1. The maximum atomic E-state index is 13.1.